The predicted octanol–water partition coefficient (Wildman–Crippen LogP) is 2.54. The highest BCUT2D eigenvalue weighted by atomic mass is 35.5. The van der Waals surface area contributed by atoms with Crippen LogP contribution >= 0.6 is 11.6 Å². The van der Waals surface area contributed by atoms with Gasteiger partial charge in [-0.15, -0.1) is 0 Å². The van der Waals surface area contributed by atoms with Gasteiger partial charge in [0.15, 0.2) is 11.5 Å². The van der Waals surface area contributed by atoms with Crippen LogP contribution in [0.15, 0.2) is 18.2 Å². The summed E-state index contributed by atoms with van der Waals surface area (Å²) in [5.74, 6) is -0.922. The maximum Gasteiger partial charge on any atom is 0.311 e. The molecular formula is C13H14ClNO6. The molecule has 0 amide bonds. The van der Waals surface area contributed by atoms with E-state index in [2.05, 4.69) is 4.74 Å². The quantitative estimate of drug-likeness (QED) is 0.415. The molecule has 0 fully saturated rings. The minimum absolute atomic E-state index is 0.0479. The molecule has 0 aliphatic carbocycles. The number of carbonyl (C=O) groups is 2. The van der Waals surface area contributed by atoms with Gasteiger partial charge in [0.25, 0.3) is 0 Å². The Kier molecular flexibility index (Phi) is 6.61. The Labute approximate surface area is 125 Å². The van der Waals surface area contributed by atoms with Crippen LogP contribution in [-0.4, -0.2) is 29.9 Å². The predicted molar refractivity (Wildman–Crippen MR) is 74.5 cm³/mol. The van der Waals surface area contributed by atoms with Crippen molar-refractivity contribution >= 4 is 29.0 Å². The van der Waals surface area contributed by atoms with Gasteiger partial charge in [-0.1, -0.05) is 11.6 Å². The molecule has 0 unspecified atom stereocenters. The lowest BCUT2D eigenvalue weighted by Crippen LogP contribution is -2.14. The molecule has 7 nitrogen and oxygen atoms in total. The van der Waals surface area contributed by atoms with Gasteiger partial charge in [-0.3, -0.25) is 19.7 Å². The smallest absolute Gasteiger partial charge is 0.311 e. The maximum atomic E-state index is 11.6. The van der Waals surface area contributed by atoms with Gasteiger partial charge in [0.2, 0.25) is 0 Å². The molecule has 0 radical (unpaired) electrons. The Morgan fingerprint density at radius 2 is 2.05 bits per heavy atom. The molecule has 0 aromatic heterocycles. The zero-order valence-corrected chi connectivity index (χ0v) is 12.1. The summed E-state index contributed by atoms with van der Waals surface area (Å²) >= 11 is 5.73. The minimum Gasteiger partial charge on any atom is -0.479 e. The maximum absolute atomic E-state index is 11.6. The highest BCUT2D eigenvalue weighted by Gasteiger charge is 2.17. The van der Waals surface area contributed by atoms with Gasteiger partial charge in [-0.2, -0.15) is 0 Å². The number of benzene rings is 1. The van der Waals surface area contributed by atoms with Gasteiger partial charge in [0, 0.05) is 23.6 Å². The van der Waals surface area contributed by atoms with E-state index in [0.29, 0.717) is 0 Å². The van der Waals surface area contributed by atoms with Gasteiger partial charge >= 0.3 is 11.7 Å². The first kappa shape index (κ1) is 16.9. The number of hydrogen-bond donors (Lipinski definition) is 0. The van der Waals surface area contributed by atoms with Gasteiger partial charge in [0.05, 0.1) is 18.0 Å². The monoisotopic (exact) mass is 315 g/mol. The van der Waals surface area contributed by atoms with E-state index < -0.39 is 10.9 Å². The van der Waals surface area contributed by atoms with Gasteiger partial charge in [0.1, 0.15) is 6.61 Å². The number of Topliss-reactive ketones (excluding diaryl/α,β-unsaturated/α-hetero) is 1. The van der Waals surface area contributed by atoms with Crippen LogP contribution in [-0.2, 0) is 14.3 Å². The zero-order valence-electron chi connectivity index (χ0n) is 11.3. The molecule has 1 aromatic rings. The Morgan fingerprint density at radius 3 is 2.67 bits per heavy atom. The van der Waals surface area contributed by atoms with Crippen LogP contribution in [0.25, 0.3) is 0 Å². The molecular weight excluding hydrogens is 302 g/mol. The molecule has 0 spiro atoms. The van der Waals surface area contributed by atoms with Crippen LogP contribution in [0.3, 0.4) is 0 Å². The third-order valence-corrected chi connectivity index (χ3v) is 2.66. The molecule has 0 heterocycles. The van der Waals surface area contributed by atoms with Gasteiger partial charge < -0.3 is 9.47 Å². The summed E-state index contributed by atoms with van der Waals surface area (Å²) in [6.45, 7) is 1.54. The number of halogens is 1. The van der Waals surface area contributed by atoms with Crippen molar-refractivity contribution in [2.24, 2.45) is 0 Å². The molecule has 1 rings (SSSR count). The fraction of sp³-hybridized carbons (Fsp3) is 0.385. The topological polar surface area (TPSA) is 95.7 Å². The van der Waals surface area contributed by atoms with Crippen molar-refractivity contribution in [2.45, 2.75) is 19.8 Å². The van der Waals surface area contributed by atoms with E-state index in [4.69, 9.17) is 16.3 Å². The number of hydrogen-bond acceptors (Lipinski definition) is 6. The number of nitrogens with zero attached hydrogens (tertiary/aromatic N) is 1. The fourth-order valence-electron chi connectivity index (χ4n) is 1.46. The highest BCUT2D eigenvalue weighted by Crippen LogP contribution is 2.29. The number of esters is 1. The number of nitro groups is 1. The molecule has 0 aliphatic rings. The standard InChI is InChI=1S/C13H14ClNO6/c1-2-20-13(17)6-4-10(16)8-21-12-7-9(14)3-5-11(12)15(18)19/h3,5,7H,2,4,6,8H2,1H3. The number of rotatable bonds is 8. The van der Waals surface area contributed by atoms with Crippen molar-refractivity contribution in [2.75, 3.05) is 13.2 Å². The lowest BCUT2D eigenvalue weighted by molar-refractivity contribution is -0.385. The molecule has 0 aliphatic heterocycles. The van der Waals surface area contributed by atoms with Gasteiger partial charge in [-0.25, -0.2) is 0 Å². The Morgan fingerprint density at radius 1 is 1.33 bits per heavy atom. The third kappa shape index (κ3) is 5.78. The van der Waals surface area contributed by atoms with Crippen molar-refractivity contribution in [3.8, 4) is 5.75 Å². The summed E-state index contributed by atoms with van der Waals surface area (Å²) in [6.07, 6.45) is -0.0964. The van der Waals surface area contributed by atoms with E-state index >= 15 is 0 Å². The second-order valence-corrected chi connectivity index (χ2v) is 4.44. The van der Waals surface area contributed by atoms with Gasteiger partial charge in [-0.05, 0) is 13.0 Å². The summed E-state index contributed by atoms with van der Waals surface area (Å²) in [4.78, 5) is 32.8. The van der Waals surface area contributed by atoms with Crippen LogP contribution in [0.5, 0.6) is 5.75 Å². The molecule has 0 bridgehead atoms. The summed E-state index contributed by atoms with van der Waals surface area (Å²) in [7, 11) is 0. The molecule has 0 saturated heterocycles. The molecule has 0 atom stereocenters. The van der Waals surface area contributed by atoms with E-state index in [-0.39, 0.29) is 48.3 Å². The van der Waals surface area contributed by atoms with E-state index in [1.807, 2.05) is 0 Å². The molecule has 21 heavy (non-hydrogen) atoms. The largest absolute Gasteiger partial charge is 0.479 e. The third-order valence-electron chi connectivity index (χ3n) is 2.42. The second-order valence-electron chi connectivity index (χ2n) is 4.00. The normalized spacial score (nSPS) is 10.0. The Bertz CT molecular complexity index is 545. The lowest BCUT2D eigenvalue weighted by Gasteiger charge is -2.06. The van der Waals surface area contributed by atoms with Crippen molar-refractivity contribution < 1.29 is 24.0 Å². The van der Waals surface area contributed by atoms with Crippen molar-refractivity contribution in [1.82, 2.24) is 0 Å². The Hall–Kier alpha value is -2.15. The highest BCUT2D eigenvalue weighted by molar-refractivity contribution is 6.30. The zero-order chi connectivity index (χ0) is 15.8. The molecule has 8 heteroatoms. The number of ketones is 1. The molecule has 0 N–H and O–H groups in total. The Balaban J connectivity index is 2.55. The van der Waals surface area contributed by atoms with Crippen LogP contribution in [0.2, 0.25) is 5.02 Å². The second kappa shape index (κ2) is 8.21. The number of ether oxygens (including phenoxy) is 2. The average molecular weight is 316 g/mol. The van der Waals surface area contributed by atoms with Crippen molar-refractivity contribution in [3.05, 3.63) is 33.3 Å². The van der Waals surface area contributed by atoms with Crippen LogP contribution in [0.1, 0.15) is 19.8 Å². The summed E-state index contributed by atoms with van der Waals surface area (Å²) < 4.78 is 9.79. The summed E-state index contributed by atoms with van der Waals surface area (Å²) in [6, 6.07) is 3.81. The number of carbonyl (C=O) groups excluding carboxylic acids is 2. The average Bonchev–Trinajstić information content (AvgIpc) is 2.43. The minimum atomic E-state index is -0.630. The van der Waals surface area contributed by atoms with Crippen LogP contribution in [0.4, 0.5) is 5.69 Å². The van der Waals surface area contributed by atoms with Crippen LogP contribution < -0.4 is 4.74 Å². The first-order valence-corrected chi connectivity index (χ1v) is 6.56. The van der Waals surface area contributed by atoms with Crippen LogP contribution in [0, 0.1) is 10.1 Å². The summed E-state index contributed by atoms with van der Waals surface area (Å²) in [5.41, 5.74) is -0.280. The van der Waals surface area contributed by atoms with Crippen molar-refractivity contribution in [3.63, 3.8) is 0 Å². The first-order chi connectivity index (χ1) is 9.93. The first-order valence-electron chi connectivity index (χ1n) is 6.18. The fourth-order valence-corrected chi connectivity index (χ4v) is 1.62. The van der Waals surface area contributed by atoms with E-state index in [9.17, 15) is 19.7 Å². The molecule has 1 aromatic carbocycles. The van der Waals surface area contributed by atoms with Crippen molar-refractivity contribution in [1.29, 1.82) is 0 Å². The summed E-state index contributed by atoms with van der Waals surface area (Å²) in [5, 5.41) is 11.1. The molecule has 114 valence electrons. The number of nitro benzene ring substituents is 1. The molecule has 0 saturated carbocycles. The lowest BCUT2D eigenvalue weighted by atomic mass is 10.2. The van der Waals surface area contributed by atoms with E-state index in [0.717, 1.165) is 0 Å². The van der Waals surface area contributed by atoms with E-state index in [1.165, 1.54) is 18.2 Å². The van der Waals surface area contributed by atoms with E-state index in [1.54, 1.807) is 6.92 Å². The SMILES string of the molecule is CCOC(=O)CCC(=O)COc1cc(Cl)ccc1[N+](=O)[O-].